The average Bonchev–Trinajstić information content (AvgIpc) is 1.94. The van der Waals surface area contributed by atoms with Crippen LogP contribution in [0.15, 0.2) is 15.8 Å². The highest BCUT2D eigenvalue weighted by atomic mass is 79.9. The molecule has 0 aromatic rings. The van der Waals surface area contributed by atoms with Crippen molar-refractivity contribution < 1.29 is 0 Å². The molecule has 0 fully saturated rings. The topological polar surface area (TPSA) is 24.4 Å². The molecule has 0 atom stereocenters. The number of aliphatic imine (C=N–C) groups is 1. The molecule has 0 amide bonds. The maximum absolute atomic E-state index is 4.01. The standard InChI is InChI=1S/C5H7BrN2/c6-5-4-7-2-1-3-8-5/h3-4,7H,1-2H2. The number of hydrogen-bond acceptors (Lipinski definition) is 2. The van der Waals surface area contributed by atoms with Crippen LogP contribution in [0.3, 0.4) is 0 Å². The molecule has 8 heavy (non-hydrogen) atoms. The number of rotatable bonds is 0. The zero-order valence-corrected chi connectivity index (χ0v) is 5.98. The van der Waals surface area contributed by atoms with E-state index >= 15 is 0 Å². The highest BCUT2D eigenvalue weighted by Gasteiger charge is 1.88. The van der Waals surface area contributed by atoms with Gasteiger partial charge in [-0.05, 0) is 15.9 Å². The van der Waals surface area contributed by atoms with E-state index in [2.05, 4.69) is 26.2 Å². The van der Waals surface area contributed by atoms with Crippen molar-refractivity contribution in [3.8, 4) is 0 Å². The van der Waals surface area contributed by atoms with Crippen molar-refractivity contribution >= 4 is 22.1 Å². The highest BCUT2D eigenvalue weighted by molar-refractivity contribution is 9.11. The zero-order chi connectivity index (χ0) is 5.82. The minimum atomic E-state index is 0.870. The molecule has 2 nitrogen and oxygen atoms in total. The first-order chi connectivity index (χ1) is 3.89. The second kappa shape index (κ2) is 2.87. The lowest BCUT2D eigenvalue weighted by atomic mass is 10.5. The van der Waals surface area contributed by atoms with Crippen LogP contribution < -0.4 is 5.32 Å². The van der Waals surface area contributed by atoms with Crippen molar-refractivity contribution in [3.05, 3.63) is 10.8 Å². The molecule has 0 saturated heterocycles. The second-order valence-corrected chi connectivity index (χ2v) is 2.33. The monoisotopic (exact) mass is 174 g/mol. The quantitative estimate of drug-likeness (QED) is 0.550. The molecule has 0 saturated carbocycles. The van der Waals surface area contributed by atoms with E-state index in [1.165, 1.54) is 0 Å². The molecule has 0 aromatic heterocycles. The number of hydrogen-bond donors (Lipinski definition) is 1. The smallest absolute Gasteiger partial charge is 0.121 e. The summed E-state index contributed by atoms with van der Waals surface area (Å²) in [5.41, 5.74) is 0. The lowest BCUT2D eigenvalue weighted by molar-refractivity contribution is 0.886. The van der Waals surface area contributed by atoms with Gasteiger partial charge in [0.05, 0.1) is 0 Å². The summed E-state index contributed by atoms with van der Waals surface area (Å²) in [6.45, 7) is 0.985. The van der Waals surface area contributed by atoms with Gasteiger partial charge in [0, 0.05) is 25.4 Å². The van der Waals surface area contributed by atoms with Gasteiger partial charge in [-0.25, -0.2) is 0 Å². The average molecular weight is 175 g/mol. The lowest BCUT2D eigenvalue weighted by Crippen LogP contribution is -2.04. The number of nitrogens with one attached hydrogen (secondary N) is 1. The van der Waals surface area contributed by atoms with Gasteiger partial charge < -0.3 is 5.32 Å². The summed E-state index contributed by atoms with van der Waals surface area (Å²) in [7, 11) is 0. The van der Waals surface area contributed by atoms with Crippen molar-refractivity contribution in [2.45, 2.75) is 6.42 Å². The van der Waals surface area contributed by atoms with Crippen LogP contribution >= 0.6 is 15.9 Å². The summed E-state index contributed by atoms with van der Waals surface area (Å²) < 4.78 is 0.870. The Labute approximate surface area is 56.8 Å². The zero-order valence-electron chi connectivity index (χ0n) is 4.39. The Morgan fingerprint density at radius 3 is 3.50 bits per heavy atom. The molecule has 1 aliphatic heterocycles. The fourth-order valence-corrected chi connectivity index (χ4v) is 0.800. The molecule has 0 aliphatic carbocycles. The van der Waals surface area contributed by atoms with Crippen molar-refractivity contribution in [3.63, 3.8) is 0 Å². The SMILES string of the molecule is BrC1=CNCCC=N1. The first kappa shape index (κ1) is 5.82. The largest absolute Gasteiger partial charge is 0.388 e. The Balaban J connectivity index is 2.55. The molecule has 1 N–H and O–H groups in total. The Kier molecular flexibility index (Phi) is 2.09. The summed E-state index contributed by atoms with van der Waals surface area (Å²) in [6.07, 6.45) is 4.75. The van der Waals surface area contributed by atoms with Gasteiger partial charge in [0.15, 0.2) is 0 Å². The summed E-state index contributed by atoms with van der Waals surface area (Å²) in [4.78, 5) is 4.01. The van der Waals surface area contributed by atoms with Crippen molar-refractivity contribution in [2.24, 2.45) is 4.99 Å². The van der Waals surface area contributed by atoms with Gasteiger partial charge in [0.2, 0.25) is 0 Å². The van der Waals surface area contributed by atoms with E-state index in [9.17, 15) is 0 Å². The molecule has 1 aliphatic rings. The molecular formula is C5H7BrN2. The van der Waals surface area contributed by atoms with E-state index in [4.69, 9.17) is 0 Å². The lowest BCUT2D eigenvalue weighted by Gasteiger charge is -1.89. The van der Waals surface area contributed by atoms with Crippen molar-refractivity contribution in [1.82, 2.24) is 5.32 Å². The van der Waals surface area contributed by atoms with Gasteiger partial charge in [-0.1, -0.05) is 0 Å². The van der Waals surface area contributed by atoms with Crippen LogP contribution in [0.4, 0.5) is 0 Å². The first-order valence-electron chi connectivity index (χ1n) is 2.51. The highest BCUT2D eigenvalue weighted by Crippen LogP contribution is 2.04. The first-order valence-corrected chi connectivity index (χ1v) is 3.30. The molecule has 0 spiro atoms. The Morgan fingerprint density at radius 1 is 1.75 bits per heavy atom. The third-order valence-electron chi connectivity index (χ3n) is 0.854. The Hall–Kier alpha value is -0.310. The van der Waals surface area contributed by atoms with Crippen LogP contribution in [0.5, 0.6) is 0 Å². The van der Waals surface area contributed by atoms with Gasteiger partial charge >= 0.3 is 0 Å². The summed E-state index contributed by atoms with van der Waals surface area (Å²) >= 11 is 3.24. The molecule has 1 heterocycles. The van der Waals surface area contributed by atoms with Gasteiger partial charge in [0.25, 0.3) is 0 Å². The third-order valence-corrected chi connectivity index (χ3v) is 1.29. The van der Waals surface area contributed by atoms with E-state index in [1.807, 2.05) is 12.4 Å². The van der Waals surface area contributed by atoms with E-state index in [1.54, 1.807) is 0 Å². The van der Waals surface area contributed by atoms with E-state index in [0.29, 0.717) is 0 Å². The van der Waals surface area contributed by atoms with Crippen LogP contribution in [0.25, 0.3) is 0 Å². The molecule has 0 unspecified atom stereocenters. The normalized spacial score (nSPS) is 18.9. The fraction of sp³-hybridized carbons (Fsp3) is 0.400. The van der Waals surface area contributed by atoms with Crippen LogP contribution in [-0.4, -0.2) is 12.8 Å². The third kappa shape index (κ3) is 1.66. The molecule has 0 radical (unpaired) electrons. The fourth-order valence-electron chi connectivity index (χ4n) is 0.493. The minimum Gasteiger partial charge on any atom is -0.388 e. The molecular weight excluding hydrogens is 168 g/mol. The van der Waals surface area contributed by atoms with Gasteiger partial charge in [0.1, 0.15) is 4.61 Å². The molecule has 3 heteroatoms. The number of halogens is 1. The van der Waals surface area contributed by atoms with Gasteiger partial charge in [-0.2, -0.15) is 0 Å². The van der Waals surface area contributed by atoms with Crippen LogP contribution in [0.1, 0.15) is 6.42 Å². The van der Waals surface area contributed by atoms with E-state index in [-0.39, 0.29) is 0 Å². The van der Waals surface area contributed by atoms with Crippen LogP contribution in [-0.2, 0) is 0 Å². The summed E-state index contributed by atoms with van der Waals surface area (Å²) in [5.74, 6) is 0. The van der Waals surface area contributed by atoms with Gasteiger partial charge in [-0.15, -0.1) is 0 Å². The Morgan fingerprint density at radius 2 is 2.62 bits per heavy atom. The van der Waals surface area contributed by atoms with E-state index < -0.39 is 0 Å². The minimum absolute atomic E-state index is 0.870. The predicted molar refractivity (Wildman–Crippen MR) is 38.1 cm³/mol. The molecule has 0 bridgehead atoms. The van der Waals surface area contributed by atoms with E-state index in [0.717, 1.165) is 17.6 Å². The van der Waals surface area contributed by atoms with Gasteiger partial charge in [-0.3, -0.25) is 4.99 Å². The van der Waals surface area contributed by atoms with Crippen LogP contribution in [0.2, 0.25) is 0 Å². The summed E-state index contributed by atoms with van der Waals surface area (Å²) in [5, 5.41) is 3.06. The van der Waals surface area contributed by atoms with Crippen LogP contribution in [0, 0.1) is 0 Å². The molecule has 0 aromatic carbocycles. The summed E-state index contributed by atoms with van der Waals surface area (Å²) in [6, 6.07) is 0. The maximum atomic E-state index is 4.01. The Bertz CT molecular complexity index is 128. The number of nitrogens with zero attached hydrogens (tertiary/aromatic N) is 1. The molecule has 1 rings (SSSR count). The second-order valence-electron chi connectivity index (χ2n) is 1.52. The molecule has 44 valence electrons. The van der Waals surface area contributed by atoms with Crippen molar-refractivity contribution in [1.29, 1.82) is 0 Å². The van der Waals surface area contributed by atoms with Crippen molar-refractivity contribution in [2.75, 3.05) is 6.54 Å². The maximum Gasteiger partial charge on any atom is 0.121 e. The predicted octanol–water partition coefficient (Wildman–Crippen LogP) is 1.24.